The van der Waals surface area contributed by atoms with E-state index in [1.165, 1.54) is 12.1 Å². The molecular weight excluding hydrogens is 357 g/mol. The summed E-state index contributed by atoms with van der Waals surface area (Å²) in [5.41, 5.74) is 2.31. The lowest BCUT2D eigenvalue weighted by Gasteiger charge is -2.20. The lowest BCUT2D eigenvalue weighted by Crippen LogP contribution is -2.48. The molecule has 0 saturated heterocycles. The summed E-state index contributed by atoms with van der Waals surface area (Å²) in [6.45, 7) is 6.83. The predicted molar refractivity (Wildman–Crippen MR) is 110 cm³/mol. The molecule has 0 spiro atoms. The molecule has 2 amide bonds. The van der Waals surface area contributed by atoms with E-state index in [0.29, 0.717) is 25.1 Å². The van der Waals surface area contributed by atoms with Crippen LogP contribution in [0.5, 0.6) is 0 Å². The second kappa shape index (κ2) is 10.4. The Bertz CT molecular complexity index is 791. The minimum absolute atomic E-state index is 0.212. The summed E-state index contributed by atoms with van der Waals surface area (Å²) < 4.78 is 12.9. The highest BCUT2D eigenvalue weighted by Crippen LogP contribution is 2.09. The number of benzene rings is 2. The summed E-state index contributed by atoms with van der Waals surface area (Å²) in [6.07, 6.45) is 0.550. The smallest absolute Gasteiger partial charge is 0.251 e. The third kappa shape index (κ3) is 7.02. The first-order chi connectivity index (χ1) is 13.3. The first kappa shape index (κ1) is 21.4. The Morgan fingerprint density at radius 2 is 1.75 bits per heavy atom. The van der Waals surface area contributed by atoms with Gasteiger partial charge in [-0.3, -0.25) is 9.59 Å². The van der Waals surface area contributed by atoms with E-state index >= 15 is 0 Å². The van der Waals surface area contributed by atoms with Gasteiger partial charge < -0.3 is 16.0 Å². The average Bonchev–Trinajstić information content (AvgIpc) is 2.65. The maximum absolute atomic E-state index is 12.9. The van der Waals surface area contributed by atoms with Crippen molar-refractivity contribution in [3.63, 3.8) is 0 Å². The van der Waals surface area contributed by atoms with Crippen molar-refractivity contribution in [2.24, 2.45) is 5.92 Å². The summed E-state index contributed by atoms with van der Waals surface area (Å²) in [5.74, 6) is -0.504. The lowest BCUT2D eigenvalue weighted by molar-refractivity contribution is -0.123. The van der Waals surface area contributed by atoms with Crippen LogP contribution in [0.4, 0.5) is 10.1 Å². The van der Waals surface area contributed by atoms with E-state index in [0.717, 1.165) is 11.3 Å². The molecule has 0 aliphatic rings. The second-order valence-corrected chi connectivity index (χ2v) is 7.25. The quantitative estimate of drug-likeness (QED) is 0.579. The Labute approximate surface area is 165 Å². The number of nitrogens with one attached hydrogen (secondary N) is 3. The van der Waals surface area contributed by atoms with Crippen molar-refractivity contribution >= 4 is 17.5 Å². The van der Waals surface area contributed by atoms with Crippen LogP contribution >= 0.6 is 0 Å². The molecule has 0 saturated carbocycles. The van der Waals surface area contributed by atoms with Crippen molar-refractivity contribution in [3.8, 4) is 0 Å². The summed E-state index contributed by atoms with van der Waals surface area (Å²) in [7, 11) is 0. The number of halogens is 1. The van der Waals surface area contributed by atoms with E-state index in [2.05, 4.69) is 16.0 Å². The molecule has 2 aromatic carbocycles. The molecule has 0 heterocycles. The zero-order valence-corrected chi connectivity index (χ0v) is 16.6. The number of anilines is 1. The van der Waals surface area contributed by atoms with Gasteiger partial charge in [-0.15, -0.1) is 0 Å². The van der Waals surface area contributed by atoms with Crippen molar-refractivity contribution in [1.82, 2.24) is 10.6 Å². The van der Waals surface area contributed by atoms with E-state index < -0.39 is 6.04 Å². The Morgan fingerprint density at radius 1 is 1.04 bits per heavy atom. The van der Waals surface area contributed by atoms with E-state index in [-0.39, 0.29) is 23.5 Å². The highest BCUT2D eigenvalue weighted by Gasteiger charge is 2.22. The van der Waals surface area contributed by atoms with E-state index in [1.54, 1.807) is 24.3 Å². The Hall–Kier alpha value is -2.89. The van der Waals surface area contributed by atoms with Gasteiger partial charge in [-0.25, -0.2) is 4.39 Å². The van der Waals surface area contributed by atoms with Gasteiger partial charge in [0.2, 0.25) is 5.91 Å². The summed E-state index contributed by atoms with van der Waals surface area (Å²) in [6, 6.07) is 12.7. The minimum Gasteiger partial charge on any atom is -0.383 e. The monoisotopic (exact) mass is 385 g/mol. The molecule has 3 N–H and O–H groups in total. The number of hydrogen-bond acceptors (Lipinski definition) is 3. The highest BCUT2D eigenvalue weighted by molar-refractivity contribution is 5.97. The molecule has 0 aromatic heterocycles. The van der Waals surface area contributed by atoms with Gasteiger partial charge in [0.05, 0.1) is 0 Å². The summed E-state index contributed by atoms with van der Waals surface area (Å²) in [4.78, 5) is 25.1. The first-order valence-electron chi connectivity index (χ1n) is 9.50. The molecule has 0 unspecified atom stereocenters. The SMILES string of the molecule is Cc1cccc(C(=O)N[C@@H](CC(C)C)C(=O)NCCNc2ccc(F)cc2)c1. The number of rotatable bonds is 9. The fourth-order valence-electron chi connectivity index (χ4n) is 2.81. The molecule has 2 rings (SSSR count). The summed E-state index contributed by atoms with van der Waals surface area (Å²) >= 11 is 0. The van der Waals surface area contributed by atoms with Crippen LogP contribution in [0.25, 0.3) is 0 Å². The van der Waals surface area contributed by atoms with Crippen LogP contribution < -0.4 is 16.0 Å². The topological polar surface area (TPSA) is 70.2 Å². The maximum atomic E-state index is 12.9. The Balaban J connectivity index is 1.87. The van der Waals surface area contributed by atoms with E-state index in [4.69, 9.17) is 0 Å². The molecule has 2 aromatic rings. The van der Waals surface area contributed by atoms with Crippen LogP contribution in [0.1, 0.15) is 36.2 Å². The Kier molecular flexibility index (Phi) is 7.99. The van der Waals surface area contributed by atoms with Gasteiger partial charge in [0.1, 0.15) is 11.9 Å². The second-order valence-electron chi connectivity index (χ2n) is 7.25. The molecule has 1 atom stereocenters. The fraction of sp³-hybridized carbons (Fsp3) is 0.364. The predicted octanol–water partition coefficient (Wildman–Crippen LogP) is 3.51. The molecule has 0 aliphatic heterocycles. The first-order valence-corrected chi connectivity index (χ1v) is 9.50. The standard InChI is InChI=1S/C22H28FN3O2/c1-15(2)13-20(26-21(27)17-6-4-5-16(3)14-17)22(28)25-12-11-24-19-9-7-18(23)8-10-19/h4-10,14-15,20,24H,11-13H2,1-3H3,(H,25,28)(H,26,27)/t20-/m0/s1. The van der Waals surface area contributed by atoms with Gasteiger partial charge in [-0.1, -0.05) is 31.5 Å². The molecule has 0 bridgehead atoms. The van der Waals surface area contributed by atoms with Gasteiger partial charge >= 0.3 is 0 Å². The normalized spacial score (nSPS) is 11.8. The van der Waals surface area contributed by atoms with E-state index in [9.17, 15) is 14.0 Å². The van der Waals surface area contributed by atoms with Crippen LogP contribution in [0.2, 0.25) is 0 Å². The van der Waals surface area contributed by atoms with Crippen molar-refractivity contribution in [2.75, 3.05) is 18.4 Å². The van der Waals surface area contributed by atoms with Gasteiger partial charge in [0, 0.05) is 24.3 Å². The third-order valence-corrected chi connectivity index (χ3v) is 4.21. The largest absolute Gasteiger partial charge is 0.383 e. The zero-order valence-electron chi connectivity index (χ0n) is 16.6. The third-order valence-electron chi connectivity index (χ3n) is 4.21. The average molecular weight is 385 g/mol. The highest BCUT2D eigenvalue weighted by atomic mass is 19.1. The number of aryl methyl sites for hydroxylation is 1. The lowest BCUT2D eigenvalue weighted by atomic mass is 10.0. The molecular formula is C22H28FN3O2. The van der Waals surface area contributed by atoms with Gasteiger partial charge in [-0.05, 0) is 55.7 Å². The maximum Gasteiger partial charge on any atom is 0.251 e. The molecule has 28 heavy (non-hydrogen) atoms. The number of hydrogen-bond donors (Lipinski definition) is 3. The van der Waals surface area contributed by atoms with Gasteiger partial charge in [-0.2, -0.15) is 0 Å². The molecule has 6 heteroatoms. The van der Waals surface area contributed by atoms with Crippen LogP contribution in [0.3, 0.4) is 0 Å². The molecule has 0 aliphatic carbocycles. The van der Waals surface area contributed by atoms with Crippen LogP contribution in [-0.2, 0) is 4.79 Å². The van der Waals surface area contributed by atoms with Crippen LogP contribution in [0.15, 0.2) is 48.5 Å². The van der Waals surface area contributed by atoms with Crippen molar-refractivity contribution in [1.29, 1.82) is 0 Å². The summed E-state index contributed by atoms with van der Waals surface area (Å²) in [5, 5.41) is 8.80. The minimum atomic E-state index is -0.598. The van der Waals surface area contributed by atoms with Gasteiger partial charge in [0.25, 0.3) is 5.91 Å². The molecule has 150 valence electrons. The van der Waals surface area contributed by atoms with Crippen LogP contribution in [0, 0.1) is 18.7 Å². The fourth-order valence-corrected chi connectivity index (χ4v) is 2.81. The van der Waals surface area contributed by atoms with Crippen molar-refractivity contribution in [2.45, 2.75) is 33.2 Å². The molecule has 0 fully saturated rings. The number of amides is 2. The van der Waals surface area contributed by atoms with E-state index in [1.807, 2.05) is 32.9 Å². The number of carbonyl (C=O) groups excluding carboxylic acids is 2. The number of carbonyl (C=O) groups is 2. The molecule has 0 radical (unpaired) electrons. The van der Waals surface area contributed by atoms with Gasteiger partial charge in [0.15, 0.2) is 0 Å². The molecule has 5 nitrogen and oxygen atoms in total. The van der Waals surface area contributed by atoms with Crippen LogP contribution in [-0.4, -0.2) is 30.9 Å². The van der Waals surface area contributed by atoms with Crippen molar-refractivity contribution < 1.29 is 14.0 Å². The van der Waals surface area contributed by atoms with Crippen molar-refractivity contribution in [3.05, 3.63) is 65.5 Å². The Morgan fingerprint density at radius 3 is 2.39 bits per heavy atom. The zero-order chi connectivity index (χ0) is 20.5.